The first-order chi connectivity index (χ1) is 6.83. The molecule has 0 unspecified atom stereocenters. The predicted octanol–water partition coefficient (Wildman–Crippen LogP) is 1.93. The first-order valence-electron chi connectivity index (χ1n) is 5.83. The highest BCUT2D eigenvalue weighted by molar-refractivity contribution is 5.72. The van der Waals surface area contributed by atoms with E-state index in [1.165, 1.54) is 6.42 Å². The molecule has 0 rings (SSSR count). The third-order valence-electron chi connectivity index (χ3n) is 2.45. The van der Waals surface area contributed by atoms with Crippen molar-refractivity contribution in [2.75, 3.05) is 13.1 Å². The van der Waals surface area contributed by atoms with E-state index in [2.05, 4.69) is 38.3 Å². The first-order valence-corrected chi connectivity index (χ1v) is 5.83. The molecule has 3 nitrogen and oxygen atoms in total. The van der Waals surface area contributed by atoms with E-state index in [0.29, 0.717) is 0 Å². The Balaban J connectivity index is 3.62. The predicted molar refractivity (Wildman–Crippen MR) is 64.8 cm³/mol. The van der Waals surface area contributed by atoms with Gasteiger partial charge in [-0.2, -0.15) is 0 Å². The van der Waals surface area contributed by atoms with Crippen LogP contribution in [0, 0.1) is 5.92 Å². The number of hydrogen-bond acceptors (Lipinski definition) is 2. The minimum Gasteiger partial charge on any atom is -0.356 e. The minimum atomic E-state index is 0.0491. The van der Waals surface area contributed by atoms with E-state index in [9.17, 15) is 4.79 Å². The molecule has 0 heterocycles. The van der Waals surface area contributed by atoms with Crippen LogP contribution in [0.5, 0.6) is 0 Å². The second-order valence-corrected chi connectivity index (χ2v) is 5.23. The van der Waals surface area contributed by atoms with Gasteiger partial charge in [0.2, 0.25) is 5.91 Å². The standard InChI is InChI=1S/C12H26N2O/c1-10(2)6-8-14-12(4,5)7-9-13-11(3)15/h10,14H,6-9H2,1-5H3,(H,13,15). The summed E-state index contributed by atoms with van der Waals surface area (Å²) in [5.41, 5.74) is 0.108. The lowest BCUT2D eigenvalue weighted by Crippen LogP contribution is -2.42. The molecule has 0 saturated heterocycles. The zero-order valence-electron chi connectivity index (χ0n) is 10.8. The van der Waals surface area contributed by atoms with Gasteiger partial charge >= 0.3 is 0 Å². The molecule has 2 N–H and O–H groups in total. The Kier molecular flexibility index (Phi) is 6.57. The van der Waals surface area contributed by atoms with E-state index in [1.54, 1.807) is 6.92 Å². The summed E-state index contributed by atoms with van der Waals surface area (Å²) >= 11 is 0. The Labute approximate surface area is 94.0 Å². The van der Waals surface area contributed by atoms with Crippen molar-refractivity contribution in [1.29, 1.82) is 0 Å². The highest BCUT2D eigenvalue weighted by atomic mass is 16.1. The topological polar surface area (TPSA) is 41.1 Å². The second kappa shape index (κ2) is 6.83. The fourth-order valence-electron chi connectivity index (χ4n) is 1.34. The van der Waals surface area contributed by atoms with Crippen LogP contribution < -0.4 is 10.6 Å². The third kappa shape index (κ3) is 9.73. The van der Waals surface area contributed by atoms with Crippen molar-refractivity contribution in [2.24, 2.45) is 5.92 Å². The molecular weight excluding hydrogens is 188 g/mol. The molecule has 1 amide bonds. The van der Waals surface area contributed by atoms with Crippen LogP contribution in [0.15, 0.2) is 0 Å². The van der Waals surface area contributed by atoms with Gasteiger partial charge in [-0.25, -0.2) is 0 Å². The van der Waals surface area contributed by atoms with Gasteiger partial charge in [-0.3, -0.25) is 4.79 Å². The molecule has 0 aromatic carbocycles. The molecule has 0 spiro atoms. The van der Waals surface area contributed by atoms with Crippen LogP contribution in [0.4, 0.5) is 0 Å². The Morgan fingerprint density at radius 3 is 2.33 bits per heavy atom. The summed E-state index contributed by atoms with van der Waals surface area (Å²) in [7, 11) is 0. The summed E-state index contributed by atoms with van der Waals surface area (Å²) < 4.78 is 0. The van der Waals surface area contributed by atoms with Gasteiger partial charge in [0, 0.05) is 19.0 Å². The average Bonchev–Trinajstić information content (AvgIpc) is 2.01. The average molecular weight is 214 g/mol. The Hall–Kier alpha value is -0.570. The van der Waals surface area contributed by atoms with Crippen LogP contribution in [-0.2, 0) is 4.79 Å². The van der Waals surface area contributed by atoms with Crippen molar-refractivity contribution >= 4 is 5.91 Å². The Morgan fingerprint density at radius 1 is 1.27 bits per heavy atom. The fourth-order valence-corrected chi connectivity index (χ4v) is 1.34. The molecule has 0 radical (unpaired) electrons. The number of carbonyl (C=O) groups excluding carboxylic acids is 1. The fraction of sp³-hybridized carbons (Fsp3) is 0.917. The van der Waals surface area contributed by atoms with Crippen LogP contribution in [0.25, 0.3) is 0 Å². The maximum atomic E-state index is 10.7. The van der Waals surface area contributed by atoms with Gasteiger partial charge in [-0.15, -0.1) is 0 Å². The largest absolute Gasteiger partial charge is 0.356 e. The van der Waals surface area contributed by atoms with Gasteiger partial charge < -0.3 is 10.6 Å². The van der Waals surface area contributed by atoms with Crippen LogP contribution in [0.2, 0.25) is 0 Å². The maximum absolute atomic E-state index is 10.7. The Bertz CT molecular complexity index is 188. The van der Waals surface area contributed by atoms with Crippen LogP contribution >= 0.6 is 0 Å². The van der Waals surface area contributed by atoms with E-state index >= 15 is 0 Å². The highest BCUT2D eigenvalue weighted by Gasteiger charge is 2.16. The maximum Gasteiger partial charge on any atom is 0.216 e. The summed E-state index contributed by atoms with van der Waals surface area (Å²) in [5.74, 6) is 0.789. The van der Waals surface area contributed by atoms with Gasteiger partial charge in [0.1, 0.15) is 0 Å². The molecule has 15 heavy (non-hydrogen) atoms. The molecule has 0 aromatic heterocycles. The monoisotopic (exact) mass is 214 g/mol. The summed E-state index contributed by atoms with van der Waals surface area (Å²) in [6.07, 6.45) is 2.16. The molecule has 3 heteroatoms. The van der Waals surface area contributed by atoms with E-state index in [-0.39, 0.29) is 11.4 Å². The van der Waals surface area contributed by atoms with Gasteiger partial charge in [0.15, 0.2) is 0 Å². The summed E-state index contributed by atoms with van der Waals surface area (Å²) in [4.78, 5) is 10.7. The molecule has 90 valence electrons. The van der Waals surface area contributed by atoms with Crippen LogP contribution in [0.3, 0.4) is 0 Å². The number of rotatable bonds is 7. The molecule has 0 aliphatic heterocycles. The van der Waals surface area contributed by atoms with E-state index in [4.69, 9.17) is 0 Å². The normalized spacial score (nSPS) is 11.9. The Morgan fingerprint density at radius 2 is 1.87 bits per heavy atom. The number of nitrogens with one attached hydrogen (secondary N) is 2. The molecule has 0 saturated carbocycles. The van der Waals surface area contributed by atoms with E-state index in [0.717, 1.165) is 25.4 Å². The number of hydrogen-bond donors (Lipinski definition) is 2. The number of carbonyl (C=O) groups is 1. The van der Waals surface area contributed by atoms with Crippen molar-refractivity contribution in [2.45, 2.75) is 53.0 Å². The van der Waals surface area contributed by atoms with Gasteiger partial charge in [0.05, 0.1) is 0 Å². The molecule has 0 fully saturated rings. The zero-order chi connectivity index (χ0) is 11.9. The van der Waals surface area contributed by atoms with Crippen LogP contribution in [-0.4, -0.2) is 24.5 Å². The smallest absolute Gasteiger partial charge is 0.216 e. The minimum absolute atomic E-state index is 0.0491. The lowest BCUT2D eigenvalue weighted by molar-refractivity contribution is -0.119. The molecule has 0 bridgehead atoms. The van der Waals surface area contributed by atoms with Crippen molar-refractivity contribution in [3.63, 3.8) is 0 Å². The third-order valence-corrected chi connectivity index (χ3v) is 2.45. The van der Waals surface area contributed by atoms with E-state index in [1.807, 2.05) is 0 Å². The number of amides is 1. The van der Waals surface area contributed by atoms with Crippen molar-refractivity contribution in [1.82, 2.24) is 10.6 Å². The van der Waals surface area contributed by atoms with Gasteiger partial charge in [-0.1, -0.05) is 13.8 Å². The van der Waals surface area contributed by atoms with Crippen molar-refractivity contribution < 1.29 is 4.79 Å². The molecule has 0 aliphatic rings. The SMILES string of the molecule is CC(=O)NCCC(C)(C)NCCC(C)C. The lowest BCUT2D eigenvalue weighted by atomic mass is 10.00. The second-order valence-electron chi connectivity index (χ2n) is 5.23. The quantitative estimate of drug-likeness (QED) is 0.680. The van der Waals surface area contributed by atoms with E-state index < -0.39 is 0 Å². The summed E-state index contributed by atoms with van der Waals surface area (Å²) in [6, 6.07) is 0. The lowest BCUT2D eigenvalue weighted by Gasteiger charge is -2.27. The molecule has 0 aromatic rings. The van der Waals surface area contributed by atoms with Crippen molar-refractivity contribution in [3.8, 4) is 0 Å². The highest BCUT2D eigenvalue weighted by Crippen LogP contribution is 2.08. The van der Waals surface area contributed by atoms with Gasteiger partial charge in [-0.05, 0) is 39.2 Å². The van der Waals surface area contributed by atoms with Crippen LogP contribution in [0.1, 0.15) is 47.5 Å². The molecule has 0 atom stereocenters. The van der Waals surface area contributed by atoms with Crippen molar-refractivity contribution in [3.05, 3.63) is 0 Å². The molecule has 0 aliphatic carbocycles. The molecular formula is C12H26N2O. The summed E-state index contributed by atoms with van der Waals surface area (Å²) in [6.45, 7) is 12.2. The van der Waals surface area contributed by atoms with Gasteiger partial charge in [0.25, 0.3) is 0 Å². The zero-order valence-corrected chi connectivity index (χ0v) is 10.8. The first kappa shape index (κ1) is 14.4. The summed E-state index contributed by atoms with van der Waals surface area (Å²) in [5, 5.41) is 6.33.